The van der Waals surface area contributed by atoms with Gasteiger partial charge < -0.3 is 14.6 Å². The Labute approximate surface area is 200 Å². The number of carbonyl (C=O) groups excluding carboxylic acids is 3. The summed E-state index contributed by atoms with van der Waals surface area (Å²) in [7, 11) is 0. The van der Waals surface area contributed by atoms with Crippen LogP contribution in [0.5, 0.6) is 5.75 Å². The van der Waals surface area contributed by atoms with Gasteiger partial charge in [-0.1, -0.05) is 11.6 Å². The van der Waals surface area contributed by atoms with Crippen molar-refractivity contribution in [2.24, 2.45) is 0 Å². The smallest absolute Gasteiger partial charge is 0.294 e. The molecule has 7 nitrogen and oxygen atoms in total. The third-order valence-corrected chi connectivity index (χ3v) is 5.95. The molecule has 0 spiro atoms. The molecular weight excluding hydrogens is 462 g/mol. The van der Waals surface area contributed by atoms with Crippen molar-refractivity contribution < 1.29 is 19.1 Å². The van der Waals surface area contributed by atoms with Crippen molar-refractivity contribution in [1.29, 1.82) is 0 Å². The van der Waals surface area contributed by atoms with Crippen LogP contribution in [0.25, 0.3) is 11.8 Å². The van der Waals surface area contributed by atoms with Crippen molar-refractivity contribution in [1.82, 2.24) is 9.47 Å². The normalized spacial score (nSPS) is 14.7. The van der Waals surface area contributed by atoms with E-state index < -0.39 is 17.1 Å². The molecule has 4 rings (SSSR count). The number of nitrogens with one attached hydrogen (secondary N) is 1. The molecule has 9 heteroatoms. The highest BCUT2D eigenvalue weighted by atomic mass is 35.5. The van der Waals surface area contributed by atoms with Crippen molar-refractivity contribution >= 4 is 52.2 Å². The molecule has 2 aromatic carbocycles. The lowest BCUT2D eigenvalue weighted by molar-refractivity contribution is -0.127. The topological polar surface area (TPSA) is 80.6 Å². The number of hydrogen-bond donors (Lipinski definition) is 1. The molecule has 2 heterocycles. The van der Waals surface area contributed by atoms with Gasteiger partial charge in [0.15, 0.2) is 0 Å². The number of rotatable bonds is 7. The molecule has 1 fully saturated rings. The molecular formula is C24H20ClN3O4S. The van der Waals surface area contributed by atoms with Crippen molar-refractivity contribution in [3.63, 3.8) is 0 Å². The van der Waals surface area contributed by atoms with E-state index in [1.54, 1.807) is 42.5 Å². The second-order valence-corrected chi connectivity index (χ2v) is 8.48. The summed E-state index contributed by atoms with van der Waals surface area (Å²) in [5.74, 6) is -0.280. The van der Waals surface area contributed by atoms with Gasteiger partial charge in [0.2, 0.25) is 5.91 Å². The van der Waals surface area contributed by atoms with Gasteiger partial charge in [0.05, 0.1) is 11.5 Å². The summed E-state index contributed by atoms with van der Waals surface area (Å²) in [5.41, 5.74) is 2.14. The number of nitrogens with zero attached hydrogens (tertiary/aromatic N) is 2. The maximum Gasteiger partial charge on any atom is 0.294 e. The Morgan fingerprint density at radius 2 is 1.82 bits per heavy atom. The van der Waals surface area contributed by atoms with Crippen molar-refractivity contribution in [3.05, 3.63) is 82.5 Å². The zero-order valence-corrected chi connectivity index (χ0v) is 19.2. The molecule has 1 aromatic heterocycles. The van der Waals surface area contributed by atoms with Crippen LogP contribution in [-0.2, 0) is 9.59 Å². The molecule has 0 atom stereocenters. The van der Waals surface area contributed by atoms with Crippen LogP contribution in [0, 0.1) is 0 Å². The number of imide groups is 1. The van der Waals surface area contributed by atoms with Crippen LogP contribution in [-0.4, -0.2) is 39.7 Å². The molecule has 33 heavy (non-hydrogen) atoms. The third kappa shape index (κ3) is 5.30. The fourth-order valence-electron chi connectivity index (χ4n) is 3.26. The molecule has 1 N–H and O–H groups in total. The lowest BCUT2D eigenvalue weighted by Gasteiger charge is -2.13. The minimum atomic E-state index is -0.504. The van der Waals surface area contributed by atoms with Gasteiger partial charge in [0, 0.05) is 28.3 Å². The van der Waals surface area contributed by atoms with E-state index in [1.165, 1.54) is 0 Å². The van der Waals surface area contributed by atoms with Crippen LogP contribution in [0.1, 0.15) is 12.6 Å². The molecule has 0 unspecified atom stereocenters. The fraction of sp³-hybridized carbons (Fsp3) is 0.125. The maximum atomic E-state index is 12.8. The molecule has 3 amide bonds. The summed E-state index contributed by atoms with van der Waals surface area (Å²) in [6, 6.07) is 17.8. The van der Waals surface area contributed by atoms with Crippen LogP contribution < -0.4 is 10.1 Å². The number of halogens is 1. The number of anilines is 1. The van der Waals surface area contributed by atoms with E-state index in [2.05, 4.69) is 5.32 Å². The van der Waals surface area contributed by atoms with Gasteiger partial charge in [-0.25, -0.2) is 0 Å². The van der Waals surface area contributed by atoms with E-state index in [4.69, 9.17) is 16.3 Å². The number of hydrogen-bond acceptors (Lipinski definition) is 5. The van der Waals surface area contributed by atoms with Crippen LogP contribution >= 0.6 is 23.4 Å². The number of ether oxygens (including phenoxy) is 1. The van der Waals surface area contributed by atoms with Crippen molar-refractivity contribution in [2.75, 3.05) is 18.5 Å². The summed E-state index contributed by atoms with van der Waals surface area (Å²) in [6.45, 7) is 2.06. The van der Waals surface area contributed by atoms with Crippen molar-refractivity contribution in [2.45, 2.75) is 6.92 Å². The molecule has 3 aromatic rings. The summed E-state index contributed by atoms with van der Waals surface area (Å²) in [5, 5.41) is 2.82. The van der Waals surface area contributed by atoms with Gasteiger partial charge in [0.1, 0.15) is 12.3 Å². The lowest BCUT2D eigenvalue weighted by Crippen LogP contribution is -2.36. The number of thioether (sulfide) groups is 1. The average Bonchev–Trinajstić information content (AvgIpc) is 3.36. The first-order valence-electron chi connectivity index (χ1n) is 10.2. The molecule has 0 bridgehead atoms. The van der Waals surface area contributed by atoms with Gasteiger partial charge in [-0.2, -0.15) is 0 Å². The summed E-state index contributed by atoms with van der Waals surface area (Å²) >= 11 is 6.77. The molecule has 0 radical (unpaired) electrons. The highest BCUT2D eigenvalue weighted by Crippen LogP contribution is 2.32. The standard InChI is InChI=1S/C24H20ClN3O4S/c1-2-32-20-11-7-17(8-12-20)26-22(29)15-28-23(30)21(33-24(28)31)14-19-4-3-13-27(19)18-9-5-16(25)6-10-18/h3-14H,2,15H2,1H3,(H,26,29)/b21-14+. The minimum absolute atomic E-state index is 0.253. The number of aromatic nitrogens is 1. The molecule has 1 aliphatic rings. The third-order valence-electron chi connectivity index (χ3n) is 4.79. The van der Waals surface area contributed by atoms with Crippen LogP contribution in [0.3, 0.4) is 0 Å². The molecule has 1 saturated heterocycles. The summed E-state index contributed by atoms with van der Waals surface area (Å²) in [4.78, 5) is 38.9. The van der Waals surface area contributed by atoms with Gasteiger partial charge in [-0.05, 0) is 85.4 Å². The van der Waals surface area contributed by atoms with Crippen LogP contribution in [0.4, 0.5) is 10.5 Å². The molecule has 1 aliphatic heterocycles. The van der Waals surface area contributed by atoms with Gasteiger partial charge in [-0.3, -0.25) is 19.3 Å². The first kappa shape index (κ1) is 22.7. The Morgan fingerprint density at radius 3 is 2.52 bits per heavy atom. The molecule has 0 aliphatic carbocycles. The van der Waals surface area contributed by atoms with Crippen LogP contribution in [0.15, 0.2) is 71.8 Å². The summed E-state index contributed by atoms with van der Waals surface area (Å²) in [6.07, 6.45) is 3.49. The Bertz CT molecular complexity index is 1220. The van der Waals surface area contributed by atoms with E-state index in [-0.39, 0.29) is 11.4 Å². The fourth-order valence-corrected chi connectivity index (χ4v) is 4.21. The second kappa shape index (κ2) is 9.97. The first-order chi connectivity index (χ1) is 15.9. The van der Waals surface area contributed by atoms with E-state index in [1.807, 2.05) is 42.0 Å². The number of carbonyl (C=O) groups is 3. The predicted octanol–water partition coefficient (Wildman–Crippen LogP) is 5.20. The monoisotopic (exact) mass is 481 g/mol. The Kier molecular flexibility index (Phi) is 6.86. The zero-order valence-electron chi connectivity index (χ0n) is 17.7. The van der Waals surface area contributed by atoms with Gasteiger partial charge in [-0.15, -0.1) is 0 Å². The SMILES string of the molecule is CCOc1ccc(NC(=O)CN2C(=O)S/C(=C/c3cccn3-c3ccc(Cl)cc3)C2=O)cc1. The second-order valence-electron chi connectivity index (χ2n) is 7.05. The van der Waals surface area contributed by atoms with E-state index in [0.29, 0.717) is 23.1 Å². The Balaban J connectivity index is 1.45. The van der Waals surface area contributed by atoms with E-state index in [0.717, 1.165) is 28.0 Å². The quantitative estimate of drug-likeness (QED) is 0.469. The largest absolute Gasteiger partial charge is 0.494 e. The number of amides is 3. The highest BCUT2D eigenvalue weighted by Gasteiger charge is 2.36. The maximum absolute atomic E-state index is 12.8. The molecule has 0 saturated carbocycles. The minimum Gasteiger partial charge on any atom is -0.494 e. The first-order valence-corrected chi connectivity index (χ1v) is 11.4. The van der Waals surface area contributed by atoms with Crippen LogP contribution in [0.2, 0.25) is 5.02 Å². The van der Waals surface area contributed by atoms with E-state index >= 15 is 0 Å². The predicted molar refractivity (Wildman–Crippen MR) is 130 cm³/mol. The Morgan fingerprint density at radius 1 is 1.09 bits per heavy atom. The average molecular weight is 482 g/mol. The Hall–Kier alpha value is -3.49. The number of benzene rings is 2. The highest BCUT2D eigenvalue weighted by molar-refractivity contribution is 8.18. The summed E-state index contributed by atoms with van der Waals surface area (Å²) < 4.78 is 7.25. The lowest BCUT2D eigenvalue weighted by atomic mass is 10.3. The van der Waals surface area contributed by atoms with Crippen molar-refractivity contribution in [3.8, 4) is 11.4 Å². The zero-order chi connectivity index (χ0) is 23.4. The van der Waals surface area contributed by atoms with Gasteiger partial charge in [0.25, 0.3) is 11.1 Å². The van der Waals surface area contributed by atoms with Gasteiger partial charge >= 0.3 is 0 Å². The molecule has 168 valence electrons. The van der Waals surface area contributed by atoms with E-state index in [9.17, 15) is 14.4 Å².